The topological polar surface area (TPSA) is 114 Å². The van der Waals surface area contributed by atoms with Crippen molar-refractivity contribution in [2.45, 2.75) is 85.9 Å². The van der Waals surface area contributed by atoms with E-state index in [1.54, 1.807) is 20.8 Å². The maximum absolute atomic E-state index is 14.0. The summed E-state index contributed by atoms with van der Waals surface area (Å²) >= 11 is 0. The van der Waals surface area contributed by atoms with Gasteiger partial charge in [0, 0.05) is 6.54 Å². The second kappa shape index (κ2) is 13.8. The number of aryl methyl sites for hydroxylation is 2. The van der Waals surface area contributed by atoms with Crippen molar-refractivity contribution < 1.29 is 28.7 Å². The largest absolute Gasteiger partial charge is 0.468 e. The van der Waals surface area contributed by atoms with Crippen LogP contribution in [0.25, 0.3) is 0 Å². The minimum Gasteiger partial charge on any atom is -0.468 e. The minimum absolute atomic E-state index is 0.272. The van der Waals surface area contributed by atoms with Gasteiger partial charge in [-0.3, -0.25) is 14.4 Å². The van der Waals surface area contributed by atoms with E-state index in [1.165, 1.54) is 12.0 Å². The van der Waals surface area contributed by atoms with Crippen LogP contribution < -0.4 is 10.6 Å². The highest BCUT2D eigenvalue weighted by Crippen LogP contribution is 2.28. The molecule has 0 bridgehead atoms. The summed E-state index contributed by atoms with van der Waals surface area (Å²) in [4.78, 5) is 53.3. The van der Waals surface area contributed by atoms with Gasteiger partial charge in [0.25, 0.3) is 0 Å². The van der Waals surface area contributed by atoms with Gasteiger partial charge in [-0.15, -0.1) is 0 Å². The zero-order valence-electron chi connectivity index (χ0n) is 23.2. The Morgan fingerprint density at radius 2 is 1.72 bits per heavy atom. The predicted molar refractivity (Wildman–Crippen MR) is 138 cm³/mol. The number of esters is 1. The Hall–Kier alpha value is -3.10. The van der Waals surface area contributed by atoms with Crippen LogP contribution in [0.1, 0.15) is 77.1 Å². The molecule has 0 aliphatic rings. The first-order valence-corrected chi connectivity index (χ1v) is 12.4. The van der Waals surface area contributed by atoms with Crippen LogP contribution in [0.4, 0.5) is 4.79 Å². The molecule has 0 saturated heterocycles. The third-order valence-corrected chi connectivity index (χ3v) is 5.56. The first-order valence-electron chi connectivity index (χ1n) is 12.4. The summed E-state index contributed by atoms with van der Waals surface area (Å²) in [6.07, 6.45) is 0.733. The van der Waals surface area contributed by atoms with Gasteiger partial charge in [0.1, 0.15) is 24.2 Å². The van der Waals surface area contributed by atoms with Crippen molar-refractivity contribution in [3.05, 3.63) is 34.9 Å². The SMILES string of the molecule is CCCCN(C(=O)C(NC(=O)OC(C)(C)C)C(C)C)C(C(=O)NCC(=O)OC)c1cc(C)ccc1C. The van der Waals surface area contributed by atoms with E-state index in [0.29, 0.717) is 12.0 Å². The summed E-state index contributed by atoms with van der Waals surface area (Å²) in [5.74, 6) is -1.77. The zero-order chi connectivity index (χ0) is 27.6. The summed E-state index contributed by atoms with van der Waals surface area (Å²) in [6.45, 7) is 14.6. The molecule has 0 aliphatic carbocycles. The van der Waals surface area contributed by atoms with Crippen LogP contribution in [-0.4, -0.2) is 60.6 Å². The average molecular weight is 506 g/mol. The van der Waals surface area contributed by atoms with E-state index in [9.17, 15) is 19.2 Å². The highest BCUT2D eigenvalue weighted by molar-refractivity contribution is 5.93. The highest BCUT2D eigenvalue weighted by atomic mass is 16.6. The number of alkyl carbamates (subject to hydrolysis) is 1. The lowest BCUT2D eigenvalue weighted by Gasteiger charge is -2.36. The fraction of sp³-hybridized carbons (Fsp3) is 0.630. The van der Waals surface area contributed by atoms with Crippen molar-refractivity contribution in [1.29, 1.82) is 0 Å². The molecule has 9 heteroatoms. The lowest BCUT2D eigenvalue weighted by molar-refractivity contribution is -0.145. The van der Waals surface area contributed by atoms with Crippen molar-refractivity contribution >= 4 is 23.9 Å². The third kappa shape index (κ3) is 9.51. The molecule has 36 heavy (non-hydrogen) atoms. The van der Waals surface area contributed by atoms with Crippen molar-refractivity contribution in [2.75, 3.05) is 20.2 Å². The third-order valence-electron chi connectivity index (χ3n) is 5.56. The van der Waals surface area contributed by atoms with E-state index >= 15 is 0 Å². The van der Waals surface area contributed by atoms with Crippen LogP contribution >= 0.6 is 0 Å². The quantitative estimate of drug-likeness (QED) is 0.442. The molecule has 3 amide bonds. The molecule has 202 valence electrons. The van der Waals surface area contributed by atoms with Gasteiger partial charge in [-0.1, -0.05) is 51.0 Å². The molecule has 0 saturated carbocycles. The van der Waals surface area contributed by atoms with Crippen LogP contribution in [0.3, 0.4) is 0 Å². The molecule has 0 radical (unpaired) electrons. The number of nitrogens with zero attached hydrogens (tertiary/aromatic N) is 1. The molecule has 0 spiro atoms. The van der Waals surface area contributed by atoms with Gasteiger partial charge in [0.2, 0.25) is 11.8 Å². The second-order valence-electron chi connectivity index (χ2n) is 10.3. The van der Waals surface area contributed by atoms with E-state index in [1.807, 2.05) is 52.8 Å². The number of benzene rings is 1. The molecular weight excluding hydrogens is 462 g/mol. The molecule has 1 rings (SSSR count). The second-order valence-corrected chi connectivity index (χ2v) is 10.3. The summed E-state index contributed by atoms with van der Waals surface area (Å²) in [5.41, 5.74) is 1.68. The van der Waals surface area contributed by atoms with Gasteiger partial charge >= 0.3 is 12.1 Å². The van der Waals surface area contributed by atoms with Crippen LogP contribution in [-0.2, 0) is 23.9 Å². The van der Waals surface area contributed by atoms with Gasteiger partial charge < -0.3 is 25.0 Å². The van der Waals surface area contributed by atoms with Gasteiger partial charge in [-0.25, -0.2) is 4.79 Å². The summed E-state index contributed by atoms with van der Waals surface area (Å²) < 4.78 is 10.0. The normalized spacial score (nSPS) is 12.9. The molecule has 9 nitrogen and oxygen atoms in total. The zero-order valence-corrected chi connectivity index (χ0v) is 23.2. The summed E-state index contributed by atoms with van der Waals surface area (Å²) in [6, 6.07) is 3.77. The van der Waals surface area contributed by atoms with Crippen LogP contribution in [0.5, 0.6) is 0 Å². The van der Waals surface area contributed by atoms with Crippen LogP contribution in [0, 0.1) is 19.8 Å². The lowest BCUT2D eigenvalue weighted by Crippen LogP contribution is -2.55. The molecule has 2 atom stereocenters. The smallest absolute Gasteiger partial charge is 0.408 e. The molecule has 2 N–H and O–H groups in total. The molecule has 1 aromatic rings. The maximum Gasteiger partial charge on any atom is 0.408 e. The number of hydrogen-bond acceptors (Lipinski definition) is 6. The summed E-state index contributed by atoms with van der Waals surface area (Å²) in [7, 11) is 1.24. The summed E-state index contributed by atoms with van der Waals surface area (Å²) in [5, 5.41) is 5.31. The molecule has 2 unspecified atom stereocenters. The van der Waals surface area contributed by atoms with Crippen molar-refractivity contribution in [2.24, 2.45) is 5.92 Å². The van der Waals surface area contributed by atoms with Gasteiger partial charge in [-0.05, 0) is 58.1 Å². The number of nitrogens with one attached hydrogen (secondary N) is 2. The van der Waals surface area contributed by atoms with E-state index in [2.05, 4.69) is 15.4 Å². The Balaban J connectivity index is 3.52. The van der Waals surface area contributed by atoms with E-state index in [-0.39, 0.29) is 19.0 Å². The Morgan fingerprint density at radius 3 is 2.25 bits per heavy atom. The van der Waals surface area contributed by atoms with E-state index in [4.69, 9.17) is 4.74 Å². The Kier molecular flexibility index (Phi) is 11.9. The van der Waals surface area contributed by atoms with Gasteiger partial charge in [0.15, 0.2) is 0 Å². The number of ether oxygens (including phenoxy) is 2. The Morgan fingerprint density at radius 1 is 1.08 bits per heavy atom. The van der Waals surface area contributed by atoms with Crippen molar-refractivity contribution in [3.63, 3.8) is 0 Å². The molecule has 0 aliphatic heterocycles. The number of amides is 3. The number of rotatable bonds is 11. The number of hydrogen-bond donors (Lipinski definition) is 2. The highest BCUT2D eigenvalue weighted by Gasteiger charge is 2.38. The molecule has 0 fully saturated rings. The minimum atomic E-state index is -1.00. The first kappa shape index (κ1) is 30.9. The first-order chi connectivity index (χ1) is 16.7. The standard InChI is InChI=1S/C27H43N3O6/c1-10-11-14-30(25(33)22(17(2)3)29-26(34)36-27(6,7)8)23(24(32)28-16-21(31)35-9)20-15-18(4)12-13-19(20)5/h12-13,15,17,22-23H,10-11,14,16H2,1-9H3,(H,28,32)(H,29,34). The molecule has 0 aromatic heterocycles. The van der Waals surface area contributed by atoms with Gasteiger partial charge in [-0.2, -0.15) is 0 Å². The average Bonchev–Trinajstić information content (AvgIpc) is 2.78. The van der Waals surface area contributed by atoms with Crippen molar-refractivity contribution in [3.8, 4) is 0 Å². The van der Waals surface area contributed by atoms with Gasteiger partial charge in [0.05, 0.1) is 7.11 Å². The lowest BCUT2D eigenvalue weighted by atomic mass is 9.94. The van der Waals surface area contributed by atoms with Crippen LogP contribution in [0.15, 0.2) is 18.2 Å². The van der Waals surface area contributed by atoms with Crippen molar-refractivity contribution in [1.82, 2.24) is 15.5 Å². The number of carbonyl (C=O) groups excluding carboxylic acids is 4. The predicted octanol–water partition coefficient (Wildman–Crippen LogP) is 3.81. The Labute approximate surface area is 215 Å². The van der Waals surface area contributed by atoms with E-state index < -0.39 is 41.6 Å². The number of methoxy groups -OCH3 is 1. The van der Waals surface area contributed by atoms with E-state index in [0.717, 1.165) is 17.5 Å². The molecular formula is C27H43N3O6. The van der Waals surface area contributed by atoms with Crippen LogP contribution in [0.2, 0.25) is 0 Å². The molecule has 0 heterocycles. The number of unbranched alkanes of at least 4 members (excludes halogenated alkanes) is 1. The number of carbonyl (C=O) groups is 4. The Bertz CT molecular complexity index is 923. The fourth-order valence-electron chi connectivity index (χ4n) is 3.66. The molecule has 1 aromatic carbocycles. The monoisotopic (exact) mass is 505 g/mol. The fourth-order valence-corrected chi connectivity index (χ4v) is 3.66. The maximum atomic E-state index is 14.0.